The van der Waals surface area contributed by atoms with Gasteiger partial charge in [0, 0.05) is 0 Å². The average molecular weight is 235 g/mol. The van der Waals surface area contributed by atoms with Gasteiger partial charge in [0.05, 0.1) is 12.0 Å². The van der Waals surface area contributed by atoms with E-state index in [1.54, 1.807) is 19.2 Å². The number of pyridine rings is 1. The van der Waals surface area contributed by atoms with Crippen LogP contribution in [0.2, 0.25) is 0 Å². The Bertz CT molecular complexity index is 490. The maximum Gasteiger partial charge on any atom is 0.213 e. The highest BCUT2D eigenvalue weighted by Gasteiger charge is 2.05. The minimum absolute atomic E-state index is 0.472. The van der Waals surface area contributed by atoms with E-state index in [4.69, 9.17) is 4.74 Å². The predicted molar refractivity (Wildman–Crippen MR) is 61.3 cm³/mol. The van der Waals surface area contributed by atoms with Crippen LogP contribution in [0.25, 0.3) is 0 Å². The molecule has 0 radical (unpaired) electrons. The number of halogens is 1. The quantitative estimate of drug-likeness (QED) is 0.761. The summed E-state index contributed by atoms with van der Waals surface area (Å²) in [5.41, 5.74) is 0. The van der Waals surface area contributed by atoms with Crippen molar-refractivity contribution >= 4 is 11.8 Å². The van der Waals surface area contributed by atoms with Crippen LogP contribution in [-0.2, 0) is 0 Å². The average Bonchev–Trinajstić information content (AvgIpc) is 2.30. The number of ether oxygens (including phenoxy) is 1. The highest BCUT2D eigenvalue weighted by molar-refractivity contribution is 7.99. The van der Waals surface area contributed by atoms with E-state index >= 15 is 0 Å². The molecule has 2 aromatic rings. The summed E-state index contributed by atoms with van der Waals surface area (Å²) in [5.74, 6) is 0.290. The second-order valence-electron chi connectivity index (χ2n) is 3.05. The second kappa shape index (κ2) is 4.99. The van der Waals surface area contributed by atoms with E-state index in [9.17, 15) is 4.39 Å². The first-order valence-electron chi connectivity index (χ1n) is 4.73. The molecule has 2 nitrogen and oxygen atoms in total. The number of hydrogen-bond acceptors (Lipinski definition) is 3. The molecule has 16 heavy (non-hydrogen) atoms. The summed E-state index contributed by atoms with van der Waals surface area (Å²) in [6.45, 7) is 0. The lowest BCUT2D eigenvalue weighted by Gasteiger charge is -2.06. The van der Waals surface area contributed by atoms with E-state index in [1.807, 2.05) is 24.3 Å². The summed E-state index contributed by atoms with van der Waals surface area (Å²) in [6.07, 6.45) is 0. The van der Waals surface area contributed by atoms with Gasteiger partial charge in [-0.25, -0.2) is 4.98 Å². The summed E-state index contributed by atoms with van der Waals surface area (Å²) < 4.78 is 18.1. The Balaban J connectivity index is 2.26. The van der Waals surface area contributed by atoms with Gasteiger partial charge >= 0.3 is 0 Å². The SMILES string of the molecule is COc1ccccc1Sc1cccc(F)n1. The van der Waals surface area contributed by atoms with Crippen molar-refractivity contribution in [3.8, 4) is 5.75 Å². The molecule has 0 saturated heterocycles. The number of benzene rings is 1. The Morgan fingerprint density at radius 1 is 1.12 bits per heavy atom. The Kier molecular flexibility index (Phi) is 3.41. The number of para-hydroxylation sites is 1. The second-order valence-corrected chi connectivity index (χ2v) is 4.11. The fourth-order valence-electron chi connectivity index (χ4n) is 1.26. The topological polar surface area (TPSA) is 22.1 Å². The van der Waals surface area contributed by atoms with Crippen molar-refractivity contribution in [2.24, 2.45) is 0 Å². The van der Waals surface area contributed by atoms with Crippen LogP contribution in [0.5, 0.6) is 5.75 Å². The molecule has 0 atom stereocenters. The lowest BCUT2D eigenvalue weighted by molar-refractivity contribution is 0.405. The molecule has 0 spiro atoms. The van der Waals surface area contributed by atoms with Crippen LogP contribution in [0.4, 0.5) is 4.39 Å². The van der Waals surface area contributed by atoms with E-state index in [2.05, 4.69) is 4.98 Å². The third-order valence-electron chi connectivity index (χ3n) is 1.97. The molecule has 0 fully saturated rings. The molecular weight excluding hydrogens is 225 g/mol. The van der Waals surface area contributed by atoms with Gasteiger partial charge < -0.3 is 4.74 Å². The summed E-state index contributed by atoms with van der Waals surface area (Å²) >= 11 is 1.38. The van der Waals surface area contributed by atoms with Gasteiger partial charge in [-0.2, -0.15) is 4.39 Å². The van der Waals surface area contributed by atoms with Crippen LogP contribution in [0, 0.1) is 5.95 Å². The van der Waals surface area contributed by atoms with E-state index in [1.165, 1.54) is 17.8 Å². The Labute approximate surface area is 97.5 Å². The molecule has 0 amide bonds. The number of aromatic nitrogens is 1. The minimum atomic E-state index is -0.472. The van der Waals surface area contributed by atoms with Crippen LogP contribution in [0.15, 0.2) is 52.4 Å². The van der Waals surface area contributed by atoms with Crippen molar-refractivity contribution in [1.82, 2.24) is 4.98 Å². The molecule has 4 heteroatoms. The molecular formula is C12H10FNOS. The first-order valence-corrected chi connectivity index (χ1v) is 5.54. The van der Waals surface area contributed by atoms with Gasteiger partial charge in [0.1, 0.15) is 10.8 Å². The molecule has 0 unspecified atom stereocenters. The monoisotopic (exact) mass is 235 g/mol. The van der Waals surface area contributed by atoms with Gasteiger partial charge in [0.2, 0.25) is 5.95 Å². The first-order chi connectivity index (χ1) is 7.79. The molecule has 0 N–H and O–H groups in total. The van der Waals surface area contributed by atoms with Crippen LogP contribution < -0.4 is 4.74 Å². The zero-order chi connectivity index (χ0) is 11.4. The molecule has 1 heterocycles. The standard InChI is InChI=1S/C12H10FNOS/c1-15-9-5-2-3-6-10(9)16-12-8-4-7-11(13)14-12/h2-8H,1H3. The fourth-order valence-corrected chi connectivity index (χ4v) is 2.17. The summed E-state index contributed by atoms with van der Waals surface area (Å²) in [4.78, 5) is 4.70. The molecule has 0 aliphatic heterocycles. The molecule has 1 aromatic carbocycles. The summed E-state index contributed by atoms with van der Waals surface area (Å²) in [6, 6.07) is 12.3. The lowest BCUT2D eigenvalue weighted by atomic mass is 10.3. The first kappa shape index (κ1) is 11.0. The molecule has 2 rings (SSSR count). The molecule has 0 aliphatic rings. The highest BCUT2D eigenvalue weighted by atomic mass is 32.2. The van der Waals surface area contributed by atoms with Gasteiger partial charge in [-0.3, -0.25) is 0 Å². The van der Waals surface area contributed by atoms with Gasteiger partial charge in [0.25, 0.3) is 0 Å². The van der Waals surface area contributed by atoms with E-state index in [0.717, 1.165) is 10.6 Å². The smallest absolute Gasteiger partial charge is 0.213 e. The van der Waals surface area contributed by atoms with Gasteiger partial charge in [-0.15, -0.1) is 0 Å². The maximum absolute atomic E-state index is 12.9. The van der Waals surface area contributed by atoms with Crippen LogP contribution in [0.3, 0.4) is 0 Å². The maximum atomic E-state index is 12.9. The lowest BCUT2D eigenvalue weighted by Crippen LogP contribution is -1.87. The normalized spacial score (nSPS) is 10.1. The summed E-state index contributed by atoms with van der Waals surface area (Å²) in [5, 5.41) is 0.615. The number of methoxy groups -OCH3 is 1. The van der Waals surface area contributed by atoms with E-state index in [-0.39, 0.29) is 0 Å². The fraction of sp³-hybridized carbons (Fsp3) is 0.0833. The van der Waals surface area contributed by atoms with Crippen molar-refractivity contribution < 1.29 is 9.13 Å². The zero-order valence-electron chi connectivity index (χ0n) is 8.68. The molecule has 0 aliphatic carbocycles. The minimum Gasteiger partial charge on any atom is -0.496 e. The van der Waals surface area contributed by atoms with Crippen LogP contribution in [-0.4, -0.2) is 12.1 Å². The highest BCUT2D eigenvalue weighted by Crippen LogP contribution is 2.33. The predicted octanol–water partition coefficient (Wildman–Crippen LogP) is 3.38. The van der Waals surface area contributed by atoms with Crippen molar-refractivity contribution in [2.45, 2.75) is 9.92 Å². The number of nitrogens with zero attached hydrogens (tertiary/aromatic N) is 1. The third-order valence-corrected chi connectivity index (χ3v) is 2.97. The number of rotatable bonds is 3. The van der Waals surface area contributed by atoms with E-state index in [0.29, 0.717) is 5.03 Å². The van der Waals surface area contributed by atoms with Gasteiger partial charge in [0.15, 0.2) is 0 Å². The van der Waals surface area contributed by atoms with Crippen molar-refractivity contribution in [2.75, 3.05) is 7.11 Å². The largest absolute Gasteiger partial charge is 0.496 e. The Morgan fingerprint density at radius 3 is 2.69 bits per heavy atom. The molecule has 1 aromatic heterocycles. The zero-order valence-corrected chi connectivity index (χ0v) is 9.50. The molecule has 82 valence electrons. The Morgan fingerprint density at radius 2 is 1.94 bits per heavy atom. The van der Waals surface area contributed by atoms with Gasteiger partial charge in [-0.1, -0.05) is 30.0 Å². The van der Waals surface area contributed by atoms with Crippen LogP contribution >= 0.6 is 11.8 Å². The molecule has 0 bridgehead atoms. The number of hydrogen-bond donors (Lipinski definition) is 0. The van der Waals surface area contributed by atoms with Crippen molar-refractivity contribution in [3.63, 3.8) is 0 Å². The van der Waals surface area contributed by atoms with Crippen molar-refractivity contribution in [3.05, 3.63) is 48.4 Å². The van der Waals surface area contributed by atoms with Crippen LogP contribution in [0.1, 0.15) is 0 Å². The van der Waals surface area contributed by atoms with Gasteiger partial charge in [-0.05, 0) is 24.3 Å². The Hall–Kier alpha value is -1.55. The third kappa shape index (κ3) is 2.52. The van der Waals surface area contributed by atoms with Crippen molar-refractivity contribution in [1.29, 1.82) is 0 Å². The van der Waals surface area contributed by atoms with E-state index < -0.39 is 5.95 Å². The molecule has 0 saturated carbocycles. The summed E-state index contributed by atoms with van der Waals surface area (Å²) in [7, 11) is 1.61.